The normalized spacial score (nSPS) is 33.4. The Morgan fingerprint density at radius 2 is 1.70 bits per heavy atom. The maximum Gasteiger partial charge on any atom is 0.186 e. The Morgan fingerprint density at radius 3 is 2.41 bits per heavy atom. The fraction of sp³-hybridized carbons (Fsp3) is 0.429. The van der Waals surface area contributed by atoms with Gasteiger partial charge in [0, 0.05) is 12.7 Å². The molecule has 6 heteroatoms. The lowest BCUT2D eigenvalue weighted by Crippen LogP contribution is -2.62. The van der Waals surface area contributed by atoms with Gasteiger partial charge < -0.3 is 28.8 Å². The second-order valence-electron chi connectivity index (χ2n) is 6.71. The summed E-state index contributed by atoms with van der Waals surface area (Å²) in [5.74, 6) is 0. The highest BCUT2D eigenvalue weighted by Gasteiger charge is 2.50. The summed E-state index contributed by atoms with van der Waals surface area (Å²) in [7, 11) is 1.50. The topological polar surface area (TPSA) is 66.4 Å². The predicted molar refractivity (Wildman–Crippen MR) is 96.7 cm³/mol. The van der Waals surface area contributed by atoms with E-state index in [-0.39, 0.29) is 6.10 Å². The molecule has 2 aliphatic rings. The molecule has 0 spiro atoms. The summed E-state index contributed by atoms with van der Waals surface area (Å²) < 4.78 is 29.2. The highest BCUT2D eigenvalue weighted by Crippen LogP contribution is 2.35. The lowest BCUT2D eigenvalue weighted by atomic mass is 9.97. The molecule has 6 nitrogen and oxygen atoms in total. The van der Waals surface area contributed by atoms with Crippen LogP contribution in [0.15, 0.2) is 60.7 Å². The van der Waals surface area contributed by atoms with Gasteiger partial charge >= 0.3 is 0 Å². The first-order chi connectivity index (χ1) is 13.3. The van der Waals surface area contributed by atoms with E-state index in [2.05, 4.69) is 0 Å². The standard InChI is InChI=1S/C21H24O6/c1-23-21-17(22)19(24-12-14-8-4-2-5-9-14)18-16(26-21)13-25-20(27-18)15-10-6-3-7-11-15/h2-11,16-22H,12-13H2,1H3/t16-,17+,18+,19+,20+,21-/m1/s1. The van der Waals surface area contributed by atoms with Crippen molar-refractivity contribution in [3.05, 3.63) is 71.8 Å². The zero-order chi connectivity index (χ0) is 18.6. The van der Waals surface area contributed by atoms with Crippen molar-refractivity contribution in [3.8, 4) is 0 Å². The minimum absolute atomic E-state index is 0.335. The van der Waals surface area contributed by atoms with Gasteiger partial charge in [0.25, 0.3) is 0 Å². The zero-order valence-electron chi connectivity index (χ0n) is 15.1. The number of rotatable bonds is 5. The molecule has 0 saturated carbocycles. The molecule has 0 radical (unpaired) electrons. The van der Waals surface area contributed by atoms with Gasteiger partial charge in [-0.25, -0.2) is 0 Å². The molecule has 2 aromatic carbocycles. The lowest BCUT2D eigenvalue weighted by Gasteiger charge is -2.47. The summed E-state index contributed by atoms with van der Waals surface area (Å²) in [5.41, 5.74) is 1.94. The Hall–Kier alpha value is -1.80. The van der Waals surface area contributed by atoms with E-state index in [1.165, 1.54) is 7.11 Å². The molecule has 2 saturated heterocycles. The third kappa shape index (κ3) is 4.06. The quantitative estimate of drug-likeness (QED) is 0.870. The van der Waals surface area contributed by atoms with Crippen molar-refractivity contribution in [3.63, 3.8) is 0 Å². The van der Waals surface area contributed by atoms with Crippen molar-refractivity contribution >= 4 is 0 Å². The first kappa shape index (κ1) is 18.6. The fourth-order valence-electron chi connectivity index (χ4n) is 3.49. The molecule has 2 aliphatic heterocycles. The van der Waals surface area contributed by atoms with Crippen molar-refractivity contribution in [2.45, 2.75) is 43.6 Å². The molecule has 4 rings (SSSR count). The summed E-state index contributed by atoms with van der Waals surface area (Å²) in [6.45, 7) is 0.699. The van der Waals surface area contributed by atoms with Crippen molar-refractivity contribution in [2.24, 2.45) is 0 Å². The van der Waals surface area contributed by atoms with Crippen LogP contribution in [0.25, 0.3) is 0 Å². The highest BCUT2D eigenvalue weighted by atomic mass is 16.8. The number of aliphatic hydroxyl groups excluding tert-OH is 1. The molecule has 2 aromatic rings. The van der Waals surface area contributed by atoms with Gasteiger partial charge in [0.1, 0.15) is 24.4 Å². The van der Waals surface area contributed by atoms with E-state index < -0.39 is 30.9 Å². The SMILES string of the molecule is CO[C@@H]1O[C@@H]2CO[C@H](c3ccccc3)O[C@@H]2[C@@H](OCc2ccccc2)[C@@H]1O. The van der Waals surface area contributed by atoms with E-state index in [9.17, 15) is 5.11 Å². The number of fused-ring (bicyclic) bond motifs is 1. The van der Waals surface area contributed by atoms with Crippen molar-refractivity contribution in [1.29, 1.82) is 0 Å². The van der Waals surface area contributed by atoms with Crippen LogP contribution in [-0.4, -0.2) is 49.5 Å². The van der Waals surface area contributed by atoms with Crippen LogP contribution in [0.4, 0.5) is 0 Å². The first-order valence-electron chi connectivity index (χ1n) is 9.10. The third-order valence-corrected chi connectivity index (χ3v) is 4.90. The Kier molecular flexibility index (Phi) is 5.83. The number of hydrogen-bond donors (Lipinski definition) is 1. The van der Waals surface area contributed by atoms with Crippen LogP contribution in [-0.2, 0) is 30.3 Å². The average Bonchev–Trinajstić information content (AvgIpc) is 2.74. The Morgan fingerprint density at radius 1 is 1.00 bits per heavy atom. The van der Waals surface area contributed by atoms with Crippen molar-refractivity contribution < 1.29 is 28.8 Å². The summed E-state index contributed by atoms with van der Waals surface area (Å²) in [6.07, 6.45) is -3.70. The van der Waals surface area contributed by atoms with Crippen molar-refractivity contribution in [2.75, 3.05) is 13.7 Å². The van der Waals surface area contributed by atoms with E-state index in [0.717, 1.165) is 11.1 Å². The van der Waals surface area contributed by atoms with E-state index in [0.29, 0.717) is 13.2 Å². The van der Waals surface area contributed by atoms with E-state index in [1.54, 1.807) is 0 Å². The molecule has 0 aromatic heterocycles. The maximum absolute atomic E-state index is 10.7. The minimum Gasteiger partial charge on any atom is -0.385 e. The number of ether oxygens (including phenoxy) is 5. The Labute approximate surface area is 158 Å². The maximum atomic E-state index is 10.7. The number of methoxy groups -OCH3 is 1. The summed E-state index contributed by atoms with van der Waals surface area (Å²) >= 11 is 0. The Balaban J connectivity index is 1.51. The molecule has 2 fully saturated rings. The van der Waals surface area contributed by atoms with Gasteiger partial charge in [-0.3, -0.25) is 0 Å². The average molecular weight is 372 g/mol. The van der Waals surface area contributed by atoms with Crippen LogP contribution in [0.2, 0.25) is 0 Å². The van der Waals surface area contributed by atoms with Crippen LogP contribution in [0.1, 0.15) is 17.4 Å². The molecule has 144 valence electrons. The molecule has 6 atom stereocenters. The number of benzene rings is 2. The summed E-state index contributed by atoms with van der Waals surface area (Å²) in [5, 5.41) is 10.7. The molecule has 0 unspecified atom stereocenters. The summed E-state index contributed by atoms with van der Waals surface area (Å²) in [6, 6.07) is 19.5. The lowest BCUT2D eigenvalue weighted by molar-refractivity contribution is -0.363. The zero-order valence-corrected chi connectivity index (χ0v) is 15.1. The van der Waals surface area contributed by atoms with E-state index in [4.69, 9.17) is 23.7 Å². The van der Waals surface area contributed by atoms with Gasteiger partial charge in [-0.15, -0.1) is 0 Å². The second-order valence-corrected chi connectivity index (χ2v) is 6.71. The first-order valence-corrected chi connectivity index (χ1v) is 9.10. The van der Waals surface area contributed by atoms with Gasteiger partial charge in [-0.1, -0.05) is 60.7 Å². The summed E-state index contributed by atoms with van der Waals surface area (Å²) in [4.78, 5) is 0. The molecular formula is C21H24O6. The molecule has 1 N–H and O–H groups in total. The van der Waals surface area contributed by atoms with Crippen LogP contribution in [0.5, 0.6) is 0 Å². The van der Waals surface area contributed by atoms with Gasteiger partial charge in [-0.05, 0) is 5.56 Å². The third-order valence-electron chi connectivity index (χ3n) is 4.90. The highest BCUT2D eigenvalue weighted by molar-refractivity contribution is 5.17. The monoisotopic (exact) mass is 372 g/mol. The van der Waals surface area contributed by atoms with Gasteiger partial charge in [0.05, 0.1) is 13.2 Å². The van der Waals surface area contributed by atoms with Crippen LogP contribution >= 0.6 is 0 Å². The fourth-order valence-corrected chi connectivity index (χ4v) is 3.49. The van der Waals surface area contributed by atoms with Gasteiger partial charge in [0.15, 0.2) is 12.6 Å². The van der Waals surface area contributed by atoms with Gasteiger partial charge in [-0.2, -0.15) is 0 Å². The van der Waals surface area contributed by atoms with E-state index >= 15 is 0 Å². The molecular weight excluding hydrogens is 348 g/mol. The van der Waals surface area contributed by atoms with E-state index in [1.807, 2.05) is 60.7 Å². The molecule has 0 bridgehead atoms. The minimum atomic E-state index is -0.963. The predicted octanol–water partition coefficient (Wildman–Crippen LogP) is 2.42. The molecule has 27 heavy (non-hydrogen) atoms. The van der Waals surface area contributed by atoms with Crippen LogP contribution < -0.4 is 0 Å². The van der Waals surface area contributed by atoms with Gasteiger partial charge in [0.2, 0.25) is 0 Å². The smallest absolute Gasteiger partial charge is 0.186 e. The number of aliphatic hydroxyl groups is 1. The van der Waals surface area contributed by atoms with Crippen LogP contribution in [0.3, 0.4) is 0 Å². The molecule has 0 aliphatic carbocycles. The largest absolute Gasteiger partial charge is 0.385 e. The van der Waals surface area contributed by atoms with Crippen molar-refractivity contribution in [1.82, 2.24) is 0 Å². The van der Waals surface area contributed by atoms with Crippen LogP contribution in [0, 0.1) is 0 Å². The molecule has 0 amide bonds. The number of hydrogen-bond acceptors (Lipinski definition) is 6. The molecule has 2 heterocycles. The second kappa shape index (κ2) is 8.48. The Bertz CT molecular complexity index is 709.